The van der Waals surface area contributed by atoms with Crippen LogP contribution in [0.15, 0.2) is 0 Å². The fourth-order valence-electron chi connectivity index (χ4n) is 3.59. The molecular weight excluding hydrogens is 188 g/mol. The van der Waals surface area contributed by atoms with Gasteiger partial charge in [0.05, 0.1) is 0 Å². The summed E-state index contributed by atoms with van der Waals surface area (Å²) in [6.45, 7) is 5.73. The average molecular weight is 210 g/mol. The van der Waals surface area contributed by atoms with E-state index in [9.17, 15) is 0 Å². The molecule has 3 rings (SSSR count). The lowest BCUT2D eigenvalue weighted by atomic mass is 10.4. The van der Waals surface area contributed by atoms with Gasteiger partial charge in [-0.15, -0.1) is 0 Å². The second kappa shape index (κ2) is 3.61. The highest BCUT2D eigenvalue weighted by atomic mass is 28.4. The van der Waals surface area contributed by atoms with Crippen LogP contribution in [-0.4, -0.2) is 43.7 Å². The Morgan fingerprint density at radius 3 is 1.29 bits per heavy atom. The molecule has 0 spiro atoms. The fourth-order valence-corrected chi connectivity index (χ4v) is 8.54. The number of hydrogen-bond donors (Lipinski definition) is 0. The molecule has 3 saturated heterocycles. The topological polar surface area (TPSA) is 6.48 Å². The minimum atomic E-state index is -1.01. The van der Waals surface area contributed by atoms with Gasteiger partial charge in [0.25, 0.3) is 0 Å². The molecule has 14 heavy (non-hydrogen) atoms. The highest BCUT2D eigenvalue weighted by Crippen LogP contribution is 2.41. The van der Waals surface area contributed by atoms with Crippen LogP contribution in [0.2, 0.25) is 12.1 Å². The van der Waals surface area contributed by atoms with Crippen LogP contribution in [0.4, 0.5) is 0 Å². The van der Waals surface area contributed by atoms with Crippen molar-refractivity contribution >= 4 is 8.40 Å². The molecule has 0 aromatic heterocycles. The predicted octanol–water partition coefficient (Wildman–Crippen LogP) is 2.02. The molecule has 0 atom stereocenters. The summed E-state index contributed by atoms with van der Waals surface area (Å²) in [5.41, 5.74) is 0. The molecule has 0 aromatic rings. The third-order valence-electron chi connectivity index (χ3n) is 4.54. The van der Waals surface area contributed by atoms with E-state index < -0.39 is 8.40 Å². The van der Waals surface area contributed by atoms with Gasteiger partial charge in [0.1, 0.15) is 0 Å². The van der Waals surface area contributed by atoms with Crippen LogP contribution < -0.4 is 0 Å². The zero-order valence-electron chi connectivity index (χ0n) is 9.17. The summed E-state index contributed by atoms with van der Waals surface area (Å²) in [5.74, 6) is 0. The van der Waals surface area contributed by atoms with Crippen molar-refractivity contribution in [3.63, 3.8) is 0 Å². The quantitative estimate of drug-likeness (QED) is 0.644. The molecule has 0 aromatic carbocycles. The van der Waals surface area contributed by atoms with E-state index in [1.54, 1.807) is 12.1 Å². The van der Waals surface area contributed by atoms with Gasteiger partial charge < -0.3 is 9.13 Å². The predicted molar refractivity (Wildman–Crippen MR) is 61.6 cm³/mol. The molecule has 3 fully saturated rings. The van der Waals surface area contributed by atoms with E-state index in [-0.39, 0.29) is 0 Å². The van der Waals surface area contributed by atoms with E-state index in [1.807, 2.05) is 0 Å². The molecule has 3 heterocycles. The molecule has 0 unspecified atom stereocenters. The lowest BCUT2D eigenvalue weighted by molar-refractivity contribution is 0.367. The van der Waals surface area contributed by atoms with Crippen LogP contribution >= 0.6 is 0 Å². The highest BCUT2D eigenvalue weighted by Gasteiger charge is 2.51. The monoisotopic (exact) mass is 210 g/mol. The molecule has 80 valence electrons. The van der Waals surface area contributed by atoms with E-state index in [0.717, 1.165) is 0 Å². The van der Waals surface area contributed by atoms with Crippen LogP contribution in [-0.2, 0) is 0 Å². The summed E-state index contributed by atoms with van der Waals surface area (Å²) >= 11 is 0. The van der Waals surface area contributed by atoms with Crippen LogP contribution in [0, 0.1) is 0 Å². The highest BCUT2D eigenvalue weighted by molar-refractivity contribution is 6.77. The van der Waals surface area contributed by atoms with Crippen LogP contribution in [0.5, 0.6) is 0 Å². The summed E-state index contributed by atoms with van der Waals surface area (Å²) in [6, 6.07) is 3.18. The Morgan fingerprint density at radius 1 is 0.571 bits per heavy atom. The minimum Gasteiger partial charge on any atom is -0.312 e. The van der Waals surface area contributed by atoms with Crippen LogP contribution in [0.25, 0.3) is 0 Å². The maximum absolute atomic E-state index is 2.93. The third kappa shape index (κ3) is 1.29. The van der Waals surface area contributed by atoms with E-state index in [2.05, 4.69) is 9.13 Å². The van der Waals surface area contributed by atoms with E-state index in [4.69, 9.17) is 0 Å². The first-order valence-electron chi connectivity index (χ1n) is 6.42. The van der Waals surface area contributed by atoms with Gasteiger partial charge in [-0.05, 0) is 64.0 Å². The van der Waals surface area contributed by atoms with Crippen molar-refractivity contribution < 1.29 is 0 Å². The van der Waals surface area contributed by atoms with E-state index in [1.165, 1.54) is 58.3 Å². The maximum Gasteiger partial charge on any atom is 0.206 e. The first-order valence-corrected chi connectivity index (χ1v) is 8.73. The molecule has 3 heteroatoms. The standard InChI is InChI=1S/C11H22N2Si/c1-2-7-12(6-1)14(10-5-11-14)13-8-3-4-9-13/h1-11H2. The van der Waals surface area contributed by atoms with Gasteiger partial charge in [-0.3, -0.25) is 0 Å². The van der Waals surface area contributed by atoms with Crippen LogP contribution in [0.1, 0.15) is 32.1 Å². The summed E-state index contributed by atoms with van der Waals surface area (Å²) < 4.78 is 5.86. The summed E-state index contributed by atoms with van der Waals surface area (Å²) in [7, 11) is -1.01. The largest absolute Gasteiger partial charge is 0.312 e. The van der Waals surface area contributed by atoms with Crippen molar-refractivity contribution in [1.29, 1.82) is 0 Å². The Bertz CT molecular complexity index is 185. The van der Waals surface area contributed by atoms with Crippen molar-refractivity contribution in [1.82, 2.24) is 9.13 Å². The van der Waals surface area contributed by atoms with Gasteiger partial charge in [0.15, 0.2) is 0 Å². The lowest BCUT2D eigenvalue weighted by Gasteiger charge is -2.52. The Balaban J connectivity index is 1.75. The maximum atomic E-state index is 2.93. The molecule has 0 aliphatic carbocycles. The van der Waals surface area contributed by atoms with Gasteiger partial charge in [-0.2, -0.15) is 0 Å². The molecule has 0 saturated carbocycles. The number of nitrogens with zero attached hydrogens (tertiary/aromatic N) is 2. The molecule has 0 amide bonds. The Morgan fingerprint density at radius 2 is 1.00 bits per heavy atom. The Labute approximate surface area is 88.4 Å². The third-order valence-corrected chi connectivity index (χ3v) is 10.1. The van der Waals surface area contributed by atoms with Crippen LogP contribution in [0.3, 0.4) is 0 Å². The van der Waals surface area contributed by atoms with Gasteiger partial charge in [0, 0.05) is 0 Å². The first kappa shape index (κ1) is 9.37. The van der Waals surface area contributed by atoms with E-state index >= 15 is 0 Å². The van der Waals surface area contributed by atoms with Gasteiger partial charge in [-0.25, -0.2) is 0 Å². The smallest absolute Gasteiger partial charge is 0.206 e. The second-order valence-corrected chi connectivity index (χ2v) is 9.45. The van der Waals surface area contributed by atoms with Gasteiger partial charge in [-0.1, -0.05) is 6.42 Å². The molecule has 3 aliphatic heterocycles. The van der Waals surface area contributed by atoms with Crippen molar-refractivity contribution in [2.24, 2.45) is 0 Å². The molecular formula is C11H22N2Si. The van der Waals surface area contributed by atoms with E-state index in [0.29, 0.717) is 0 Å². The Kier molecular flexibility index (Phi) is 2.42. The van der Waals surface area contributed by atoms with Gasteiger partial charge >= 0.3 is 0 Å². The van der Waals surface area contributed by atoms with Crippen molar-refractivity contribution in [2.75, 3.05) is 26.2 Å². The van der Waals surface area contributed by atoms with Gasteiger partial charge in [0.2, 0.25) is 8.40 Å². The van der Waals surface area contributed by atoms with Crippen molar-refractivity contribution in [3.05, 3.63) is 0 Å². The zero-order valence-corrected chi connectivity index (χ0v) is 10.2. The SMILES string of the molecule is C1CCN([Si]2(N3CCCC3)CCC2)C1. The summed E-state index contributed by atoms with van der Waals surface area (Å²) in [4.78, 5) is 0. The normalized spacial score (nSPS) is 33.4. The number of rotatable bonds is 2. The minimum absolute atomic E-state index is 1.01. The molecule has 2 nitrogen and oxygen atoms in total. The van der Waals surface area contributed by atoms with Crippen molar-refractivity contribution in [2.45, 2.75) is 44.2 Å². The average Bonchev–Trinajstić information content (AvgIpc) is 2.71. The zero-order chi connectivity index (χ0) is 9.43. The lowest BCUT2D eigenvalue weighted by Crippen LogP contribution is -2.67. The summed E-state index contributed by atoms with van der Waals surface area (Å²) in [5, 5.41) is 0. The molecule has 0 radical (unpaired) electrons. The first-order chi connectivity index (χ1) is 6.92. The molecule has 0 N–H and O–H groups in total. The second-order valence-electron chi connectivity index (χ2n) is 5.22. The summed E-state index contributed by atoms with van der Waals surface area (Å²) in [6.07, 6.45) is 7.43. The molecule has 0 bridgehead atoms. The molecule has 3 aliphatic rings. The number of hydrogen-bond acceptors (Lipinski definition) is 2. The Hall–Kier alpha value is 0.137. The fraction of sp³-hybridized carbons (Fsp3) is 1.00. The van der Waals surface area contributed by atoms with Crippen molar-refractivity contribution in [3.8, 4) is 0 Å².